The Morgan fingerprint density at radius 3 is 2.69 bits per heavy atom. The molecule has 0 spiro atoms. The number of carbonyl (C=O) groups is 1. The van der Waals surface area contributed by atoms with E-state index in [1.54, 1.807) is 24.5 Å². The fourth-order valence-corrected chi connectivity index (χ4v) is 5.05. The molecule has 0 radical (unpaired) electrons. The number of carbonyl (C=O) groups excluding carboxylic acids is 1. The van der Waals surface area contributed by atoms with Crippen LogP contribution in [0.2, 0.25) is 0 Å². The Morgan fingerprint density at radius 1 is 1.09 bits per heavy atom. The lowest BCUT2D eigenvalue weighted by molar-refractivity contribution is -0.126. The summed E-state index contributed by atoms with van der Waals surface area (Å²) in [6.07, 6.45) is 5.30. The zero-order chi connectivity index (χ0) is 24.0. The second-order valence-corrected chi connectivity index (χ2v) is 9.19. The fraction of sp³-hybridized carbons (Fsp3) is 0.357. The summed E-state index contributed by atoms with van der Waals surface area (Å²) in [6, 6.07) is 18.2. The quantitative estimate of drug-likeness (QED) is 0.559. The molecule has 2 aliphatic rings. The predicted octanol–water partition coefficient (Wildman–Crippen LogP) is 4.11. The van der Waals surface area contributed by atoms with E-state index in [1.165, 1.54) is 6.07 Å². The number of amides is 1. The molecule has 0 bridgehead atoms. The minimum Gasteiger partial charge on any atom is -0.484 e. The van der Waals surface area contributed by atoms with Crippen LogP contribution in [0.25, 0.3) is 0 Å². The SMILES string of the molecule is O=C(NCCN1Cc2ccccc2OC(c2ccccc2F)C1)C(c1cccnc1)N1CCCC1. The maximum atomic E-state index is 14.6. The number of fused-ring (bicyclic) bond motifs is 1. The lowest BCUT2D eigenvalue weighted by Gasteiger charge is -2.28. The summed E-state index contributed by atoms with van der Waals surface area (Å²) in [5.41, 5.74) is 2.52. The lowest BCUT2D eigenvalue weighted by atomic mass is 10.1. The maximum Gasteiger partial charge on any atom is 0.242 e. The van der Waals surface area contributed by atoms with Crippen molar-refractivity contribution in [2.24, 2.45) is 0 Å². The molecule has 6 nitrogen and oxygen atoms in total. The van der Waals surface area contributed by atoms with Gasteiger partial charge < -0.3 is 10.1 Å². The van der Waals surface area contributed by atoms with Crippen LogP contribution in [-0.4, -0.2) is 53.4 Å². The standard InChI is InChI=1S/C28H31FN4O2/c29-24-11-3-2-10-23(24)26-20-32(19-22-8-1-4-12-25(22)35-26)17-14-31-28(34)27(33-15-5-6-16-33)21-9-7-13-30-18-21/h1-4,7-13,18,26-27H,5-6,14-17,19-20H2,(H,31,34). The molecule has 7 heteroatoms. The first-order chi connectivity index (χ1) is 17.2. The number of nitrogens with one attached hydrogen (secondary N) is 1. The summed E-state index contributed by atoms with van der Waals surface area (Å²) in [6.45, 7) is 4.16. The Balaban J connectivity index is 1.28. The van der Waals surface area contributed by atoms with Gasteiger partial charge >= 0.3 is 0 Å². The van der Waals surface area contributed by atoms with Crippen molar-refractivity contribution in [2.75, 3.05) is 32.7 Å². The maximum absolute atomic E-state index is 14.6. The number of halogens is 1. The fourth-order valence-electron chi connectivity index (χ4n) is 5.05. The average molecular weight is 475 g/mol. The molecule has 182 valence electrons. The second-order valence-electron chi connectivity index (χ2n) is 9.19. The van der Waals surface area contributed by atoms with E-state index in [1.807, 2.05) is 42.5 Å². The van der Waals surface area contributed by atoms with Crippen LogP contribution in [-0.2, 0) is 11.3 Å². The molecule has 1 amide bonds. The topological polar surface area (TPSA) is 57.7 Å². The average Bonchev–Trinajstić information content (AvgIpc) is 3.33. The highest BCUT2D eigenvalue weighted by molar-refractivity contribution is 5.83. The third kappa shape index (κ3) is 5.52. The van der Waals surface area contributed by atoms with Gasteiger partial charge in [0, 0.05) is 49.7 Å². The number of ether oxygens (including phenoxy) is 1. The van der Waals surface area contributed by atoms with E-state index < -0.39 is 6.10 Å². The Kier molecular flexibility index (Phi) is 7.35. The zero-order valence-corrected chi connectivity index (χ0v) is 19.8. The predicted molar refractivity (Wildman–Crippen MR) is 132 cm³/mol. The molecule has 0 aliphatic carbocycles. The summed E-state index contributed by atoms with van der Waals surface area (Å²) in [5.74, 6) is 0.505. The number of hydrogen-bond acceptors (Lipinski definition) is 5. The number of benzene rings is 2. The van der Waals surface area contributed by atoms with Crippen LogP contribution in [0.5, 0.6) is 5.75 Å². The van der Waals surface area contributed by atoms with E-state index in [4.69, 9.17) is 4.74 Å². The molecule has 1 fully saturated rings. The third-order valence-corrected chi connectivity index (χ3v) is 6.79. The van der Waals surface area contributed by atoms with Gasteiger partial charge in [-0.3, -0.25) is 19.6 Å². The highest BCUT2D eigenvalue weighted by atomic mass is 19.1. The molecule has 5 rings (SSSR count). The van der Waals surface area contributed by atoms with Gasteiger partial charge in [-0.15, -0.1) is 0 Å². The van der Waals surface area contributed by atoms with Gasteiger partial charge in [-0.1, -0.05) is 42.5 Å². The normalized spacial score (nSPS) is 19.4. The molecule has 2 atom stereocenters. The number of nitrogens with zero attached hydrogens (tertiary/aromatic N) is 3. The van der Waals surface area contributed by atoms with Gasteiger partial charge in [0.05, 0.1) is 0 Å². The minimum absolute atomic E-state index is 0.00275. The highest BCUT2D eigenvalue weighted by Gasteiger charge is 2.30. The van der Waals surface area contributed by atoms with Crippen molar-refractivity contribution in [3.8, 4) is 5.75 Å². The summed E-state index contributed by atoms with van der Waals surface area (Å²) >= 11 is 0. The Bertz CT molecular complexity index is 1140. The number of pyridine rings is 1. The van der Waals surface area contributed by atoms with Crippen LogP contribution >= 0.6 is 0 Å². The van der Waals surface area contributed by atoms with Gasteiger partial charge in [-0.2, -0.15) is 0 Å². The monoisotopic (exact) mass is 474 g/mol. The number of rotatable bonds is 7. The molecule has 3 heterocycles. The van der Waals surface area contributed by atoms with Gasteiger partial charge in [0.15, 0.2) is 0 Å². The van der Waals surface area contributed by atoms with E-state index in [9.17, 15) is 9.18 Å². The summed E-state index contributed by atoms with van der Waals surface area (Å²) in [4.78, 5) is 22.0. The van der Waals surface area contributed by atoms with E-state index in [2.05, 4.69) is 20.1 Å². The molecule has 2 aromatic carbocycles. The van der Waals surface area contributed by atoms with Crippen LogP contribution in [0.15, 0.2) is 73.1 Å². The van der Waals surface area contributed by atoms with Gasteiger partial charge in [0.2, 0.25) is 5.91 Å². The van der Waals surface area contributed by atoms with Gasteiger partial charge in [-0.25, -0.2) is 4.39 Å². The summed E-state index contributed by atoms with van der Waals surface area (Å²) in [7, 11) is 0. The number of aromatic nitrogens is 1. The third-order valence-electron chi connectivity index (χ3n) is 6.79. The first-order valence-electron chi connectivity index (χ1n) is 12.3. The van der Waals surface area contributed by atoms with Crippen LogP contribution < -0.4 is 10.1 Å². The van der Waals surface area contributed by atoms with Crippen molar-refractivity contribution in [2.45, 2.75) is 31.5 Å². The first kappa shape index (κ1) is 23.5. The molecule has 1 saturated heterocycles. The van der Waals surface area contributed by atoms with Gasteiger partial charge in [0.25, 0.3) is 0 Å². The van der Waals surface area contributed by atoms with Crippen molar-refractivity contribution in [1.82, 2.24) is 20.1 Å². The Morgan fingerprint density at radius 2 is 1.89 bits per heavy atom. The summed E-state index contributed by atoms with van der Waals surface area (Å²) in [5, 5.41) is 3.15. The molecular weight excluding hydrogens is 443 g/mol. The lowest BCUT2D eigenvalue weighted by Crippen LogP contribution is -2.42. The Labute approximate surface area is 205 Å². The smallest absolute Gasteiger partial charge is 0.242 e. The van der Waals surface area contributed by atoms with Crippen molar-refractivity contribution >= 4 is 5.91 Å². The minimum atomic E-state index is -0.428. The largest absolute Gasteiger partial charge is 0.484 e. The van der Waals surface area contributed by atoms with Crippen LogP contribution in [0.1, 0.15) is 41.7 Å². The molecule has 2 aliphatic heterocycles. The van der Waals surface area contributed by atoms with E-state index >= 15 is 0 Å². The van der Waals surface area contributed by atoms with E-state index in [-0.39, 0.29) is 17.8 Å². The van der Waals surface area contributed by atoms with Crippen LogP contribution in [0, 0.1) is 5.82 Å². The second kappa shape index (κ2) is 11.0. The first-order valence-corrected chi connectivity index (χ1v) is 12.3. The molecule has 3 aromatic rings. The van der Waals surface area contributed by atoms with Gasteiger partial charge in [0.1, 0.15) is 23.7 Å². The van der Waals surface area contributed by atoms with Crippen molar-refractivity contribution in [1.29, 1.82) is 0 Å². The molecule has 2 unspecified atom stereocenters. The van der Waals surface area contributed by atoms with Crippen LogP contribution in [0.3, 0.4) is 0 Å². The van der Waals surface area contributed by atoms with E-state index in [0.29, 0.717) is 31.7 Å². The molecule has 1 aromatic heterocycles. The van der Waals surface area contributed by atoms with Crippen molar-refractivity contribution in [3.63, 3.8) is 0 Å². The molecule has 1 N–H and O–H groups in total. The van der Waals surface area contributed by atoms with Gasteiger partial charge in [-0.05, 0) is 49.7 Å². The number of para-hydroxylation sites is 1. The van der Waals surface area contributed by atoms with Crippen molar-refractivity contribution < 1.29 is 13.9 Å². The molecular formula is C28H31FN4O2. The molecule has 35 heavy (non-hydrogen) atoms. The molecule has 0 saturated carbocycles. The number of hydrogen-bond donors (Lipinski definition) is 1. The zero-order valence-electron chi connectivity index (χ0n) is 19.8. The van der Waals surface area contributed by atoms with E-state index in [0.717, 1.165) is 42.8 Å². The summed E-state index contributed by atoms with van der Waals surface area (Å²) < 4.78 is 20.9. The number of likely N-dealkylation sites (tertiary alicyclic amines) is 1. The Hall–Kier alpha value is -3.29. The van der Waals surface area contributed by atoms with Crippen LogP contribution in [0.4, 0.5) is 4.39 Å². The highest BCUT2D eigenvalue weighted by Crippen LogP contribution is 2.32. The van der Waals surface area contributed by atoms with Crippen molar-refractivity contribution in [3.05, 3.63) is 95.6 Å².